The number of carbonyl (C=O) groups excluding carboxylic acids is 2. The molecule has 5 nitrogen and oxygen atoms in total. The molecule has 0 aliphatic carbocycles. The number of nitrogens with one attached hydrogen (secondary N) is 1. The molecule has 0 saturated heterocycles. The number of allylic oxidation sites excluding steroid dienone is 1. The van der Waals surface area contributed by atoms with Gasteiger partial charge >= 0.3 is 0 Å². The van der Waals surface area contributed by atoms with Gasteiger partial charge in [0.1, 0.15) is 0 Å². The molecule has 0 aliphatic heterocycles. The lowest BCUT2D eigenvalue weighted by molar-refractivity contribution is 0.102. The molecule has 0 atom stereocenters. The van der Waals surface area contributed by atoms with E-state index in [0.717, 1.165) is 5.56 Å². The van der Waals surface area contributed by atoms with E-state index in [-0.39, 0.29) is 11.7 Å². The van der Waals surface area contributed by atoms with Gasteiger partial charge in [0.15, 0.2) is 5.78 Å². The Kier molecular flexibility index (Phi) is 6.36. The lowest BCUT2D eigenvalue weighted by atomic mass is 10.1. The minimum Gasteiger partial charge on any atom is -0.399 e. The molecule has 5 N–H and O–H groups in total. The van der Waals surface area contributed by atoms with Gasteiger partial charge in [-0.25, -0.2) is 0 Å². The third-order valence-electron chi connectivity index (χ3n) is 4.19. The number of benzene rings is 3. The molecule has 0 bridgehead atoms. The number of hydrogen-bond donors (Lipinski definition) is 3. The normalized spacial score (nSPS) is 10.8. The quantitative estimate of drug-likeness (QED) is 0.239. The van der Waals surface area contributed by atoms with Crippen LogP contribution in [0.1, 0.15) is 26.3 Å². The van der Waals surface area contributed by atoms with Crippen molar-refractivity contribution in [3.8, 4) is 0 Å². The van der Waals surface area contributed by atoms with E-state index in [4.69, 9.17) is 11.5 Å². The highest BCUT2D eigenvalue weighted by atomic mass is 32.2. The highest BCUT2D eigenvalue weighted by Crippen LogP contribution is 2.18. The van der Waals surface area contributed by atoms with Crippen LogP contribution >= 0.6 is 11.8 Å². The smallest absolute Gasteiger partial charge is 0.255 e. The predicted octanol–water partition coefficient (Wildman–Crippen LogP) is 4.72. The van der Waals surface area contributed by atoms with E-state index in [1.807, 2.05) is 30.5 Å². The maximum absolute atomic E-state index is 12.5. The van der Waals surface area contributed by atoms with Gasteiger partial charge < -0.3 is 16.8 Å². The SMILES string of the molecule is CSc1ccc(/C=C/C(=O)c2cccc(NC(=O)c3cc(N)cc(N)c3)c2)cc1. The van der Waals surface area contributed by atoms with E-state index in [1.54, 1.807) is 60.3 Å². The van der Waals surface area contributed by atoms with Gasteiger partial charge in [0.05, 0.1) is 0 Å². The molecule has 3 aromatic rings. The monoisotopic (exact) mass is 403 g/mol. The van der Waals surface area contributed by atoms with E-state index < -0.39 is 0 Å². The second kappa shape index (κ2) is 9.12. The molecule has 0 radical (unpaired) electrons. The fourth-order valence-electron chi connectivity index (χ4n) is 2.74. The zero-order valence-electron chi connectivity index (χ0n) is 15.9. The molecule has 3 aromatic carbocycles. The van der Waals surface area contributed by atoms with Crippen molar-refractivity contribution >= 4 is 46.6 Å². The van der Waals surface area contributed by atoms with Crippen molar-refractivity contribution in [2.75, 3.05) is 23.0 Å². The number of nitrogens with two attached hydrogens (primary N) is 2. The van der Waals surface area contributed by atoms with Crippen LogP contribution in [0.4, 0.5) is 17.1 Å². The third-order valence-corrected chi connectivity index (χ3v) is 4.93. The summed E-state index contributed by atoms with van der Waals surface area (Å²) >= 11 is 1.67. The summed E-state index contributed by atoms with van der Waals surface area (Å²) in [5.74, 6) is -0.499. The summed E-state index contributed by atoms with van der Waals surface area (Å²) in [6.07, 6.45) is 5.31. The van der Waals surface area contributed by atoms with E-state index >= 15 is 0 Å². The van der Waals surface area contributed by atoms with Gasteiger partial charge in [0, 0.05) is 33.1 Å². The van der Waals surface area contributed by atoms with Crippen LogP contribution in [-0.2, 0) is 0 Å². The first-order valence-electron chi connectivity index (χ1n) is 8.88. The van der Waals surface area contributed by atoms with E-state index in [1.165, 1.54) is 11.0 Å². The van der Waals surface area contributed by atoms with Crippen molar-refractivity contribution in [1.29, 1.82) is 0 Å². The average molecular weight is 404 g/mol. The molecule has 29 heavy (non-hydrogen) atoms. The Bertz CT molecular complexity index is 1060. The topological polar surface area (TPSA) is 98.2 Å². The highest BCUT2D eigenvalue weighted by Gasteiger charge is 2.09. The van der Waals surface area contributed by atoms with Gasteiger partial charge in [-0.1, -0.05) is 30.3 Å². The Morgan fingerprint density at radius 3 is 2.24 bits per heavy atom. The molecule has 3 rings (SSSR count). The molecular weight excluding hydrogens is 382 g/mol. The summed E-state index contributed by atoms with van der Waals surface area (Å²) in [5.41, 5.74) is 14.6. The maximum atomic E-state index is 12.5. The van der Waals surface area contributed by atoms with Crippen LogP contribution in [0, 0.1) is 0 Å². The molecular formula is C23H21N3O2S. The minimum atomic E-state index is -0.349. The Morgan fingerprint density at radius 2 is 1.59 bits per heavy atom. The zero-order valence-corrected chi connectivity index (χ0v) is 16.7. The first-order valence-corrected chi connectivity index (χ1v) is 10.1. The van der Waals surface area contributed by atoms with Crippen LogP contribution in [0.5, 0.6) is 0 Å². The molecule has 1 amide bonds. The van der Waals surface area contributed by atoms with Crippen LogP contribution in [0.2, 0.25) is 0 Å². The molecule has 0 spiro atoms. The van der Waals surface area contributed by atoms with Crippen LogP contribution in [0.25, 0.3) is 6.08 Å². The number of amides is 1. The van der Waals surface area contributed by atoms with Gasteiger partial charge in [0.25, 0.3) is 5.91 Å². The number of rotatable bonds is 6. The maximum Gasteiger partial charge on any atom is 0.255 e. The Labute approximate surface area is 173 Å². The molecule has 146 valence electrons. The zero-order chi connectivity index (χ0) is 20.8. The number of carbonyl (C=O) groups is 2. The number of thioether (sulfide) groups is 1. The van der Waals surface area contributed by atoms with Gasteiger partial charge in [0.2, 0.25) is 0 Å². The lowest BCUT2D eigenvalue weighted by Gasteiger charge is -2.08. The molecule has 0 aliphatic rings. The van der Waals surface area contributed by atoms with Crippen molar-refractivity contribution in [3.05, 3.63) is 89.5 Å². The van der Waals surface area contributed by atoms with Crippen LogP contribution in [0.15, 0.2) is 77.7 Å². The highest BCUT2D eigenvalue weighted by molar-refractivity contribution is 7.98. The van der Waals surface area contributed by atoms with Crippen LogP contribution in [0.3, 0.4) is 0 Å². The first-order chi connectivity index (χ1) is 13.9. The van der Waals surface area contributed by atoms with Gasteiger partial charge in [-0.2, -0.15) is 0 Å². The second-order valence-corrected chi connectivity index (χ2v) is 7.27. The number of ketones is 1. The number of nitrogen functional groups attached to an aromatic ring is 2. The summed E-state index contributed by atoms with van der Waals surface area (Å²) in [6.45, 7) is 0. The summed E-state index contributed by atoms with van der Waals surface area (Å²) < 4.78 is 0. The van der Waals surface area contributed by atoms with Crippen LogP contribution < -0.4 is 16.8 Å². The minimum absolute atomic E-state index is 0.150. The predicted molar refractivity (Wildman–Crippen MR) is 121 cm³/mol. The average Bonchev–Trinajstić information content (AvgIpc) is 2.72. The van der Waals surface area contributed by atoms with Crippen molar-refractivity contribution in [2.24, 2.45) is 0 Å². The first kappa shape index (κ1) is 20.2. The van der Waals surface area contributed by atoms with Crippen molar-refractivity contribution in [2.45, 2.75) is 4.90 Å². The second-order valence-electron chi connectivity index (χ2n) is 6.39. The molecule has 0 aromatic heterocycles. The Morgan fingerprint density at radius 1 is 0.897 bits per heavy atom. The fraction of sp³-hybridized carbons (Fsp3) is 0.0435. The number of anilines is 3. The van der Waals surface area contributed by atoms with Gasteiger partial charge in [-0.3, -0.25) is 9.59 Å². The van der Waals surface area contributed by atoms with Crippen molar-refractivity contribution in [1.82, 2.24) is 0 Å². The standard InChI is InChI=1S/C23H21N3O2S/c1-29-21-8-5-15(6-9-21)7-10-22(27)16-3-2-4-20(13-16)26-23(28)17-11-18(24)14-19(25)12-17/h2-14H,24-25H2,1H3,(H,26,28)/b10-7+. The van der Waals surface area contributed by atoms with E-state index in [9.17, 15) is 9.59 Å². The van der Waals surface area contributed by atoms with E-state index in [2.05, 4.69) is 5.32 Å². The summed E-state index contributed by atoms with van der Waals surface area (Å²) in [5, 5.41) is 2.77. The van der Waals surface area contributed by atoms with Gasteiger partial charge in [-0.15, -0.1) is 11.8 Å². The van der Waals surface area contributed by atoms with Crippen LogP contribution in [-0.4, -0.2) is 17.9 Å². The largest absolute Gasteiger partial charge is 0.399 e. The lowest BCUT2D eigenvalue weighted by Crippen LogP contribution is -2.13. The van der Waals surface area contributed by atoms with Gasteiger partial charge in [-0.05, 0) is 60.4 Å². The number of hydrogen-bond acceptors (Lipinski definition) is 5. The summed E-state index contributed by atoms with van der Waals surface area (Å²) in [6, 6.07) is 19.4. The third kappa shape index (κ3) is 5.49. The molecule has 0 unspecified atom stereocenters. The molecule has 0 heterocycles. The Balaban J connectivity index is 1.71. The van der Waals surface area contributed by atoms with Crippen molar-refractivity contribution in [3.63, 3.8) is 0 Å². The molecule has 0 saturated carbocycles. The fourth-order valence-corrected chi connectivity index (χ4v) is 3.15. The van der Waals surface area contributed by atoms with E-state index in [0.29, 0.717) is 28.2 Å². The summed E-state index contributed by atoms with van der Waals surface area (Å²) in [7, 11) is 0. The molecule has 0 fully saturated rings. The summed E-state index contributed by atoms with van der Waals surface area (Å²) in [4.78, 5) is 26.1. The molecule has 6 heteroatoms. The Hall–Kier alpha value is -3.51. The van der Waals surface area contributed by atoms with Crippen molar-refractivity contribution < 1.29 is 9.59 Å².